The number of anilines is 2. The molecule has 0 saturated heterocycles. The van der Waals surface area contributed by atoms with Crippen molar-refractivity contribution in [2.24, 2.45) is 0 Å². The van der Waals surface area contributed by atoms with Gasteiger partial charge in [-0.15, -0.1) is 0 Å². The van der Waals surface area contributed by atoms with Crippen LogP contribution in [0.15, 0.2) is 35.2 Å². The Bertz CT molecular complexity index is 450. The van der Waals surface area contributed by atoms with Gasteiger partial charge in [0.15, 0.2) is 0 Å². The number of nitrogens with one attached hydrogen (secondary N) is 1. The van der Waals surface area contributed by atoms with Gasteiger partial charge >= 0.3 is 0 Å². The van der Waals surface area contributed by atoms with Crippen molar-refractivity contribution >= 4 is 28.7 Å². The lowest BCUT2D eigenvalue weighted by Crippen LogP contribution is -2.11. The largest absolute Gasteiger partial charge is 0.397 e. The molecule has 76 valence electrons. The van der Waals surface area contributed by atoms with Gasteiger partial charge in [0.1, 0.15) is 5.82 Å². The lowest BCUT2D eigenvalue weighted by atomic mass is 10.3. The van der Waals surface area contributed by atoms with Crippen molar-refractivity contribution in [1.82, 2.24) is 4.98 Å². The van der Waals surface area contributed by atoms with Gasteiger partial charge in [0, 0.05) is 5.38 Å². The van der Waals surface area contributed by atoms with Crippen molar-refractivity contribution in [3.05, 3.63) is 40.7 Å². The SMILES string of the molecule is Nc1ccc(NC(=O)c2ccsc2)nc1. The molecule has 0 bridgehead atoms. The fourth-order valence-corrected chi connectivity index (χ4v) is 1.70. The molecule has 0 fully saturated rings. The van der Waals surface area contributed by atoms with Crippen molar-refractivity contribution in [1.29, 1.82) is 0 Å². The molecule has 5 heteroatoms. The number of rotatable bonds is 2. The molecule has 0 saturated carbocycles. The van der Waals surface area contributed by atoms with Crippen molar-refractivity contribution in [2.45, 2.75) is 0 Å². The summed E-state index contributed by atoms with van der Waals surface area (Å²) in [6.07, 6.45) is 1.50. The Morgan fingerprint density at radius 2 is 2.27 bits per heavy atom. The maximum atomic E-state index is 11.6. The molecule has 0 aliphatic carbocycles. The third-order valence-corrected chi connectivity index (χ3v) is 2.49. The number of aromatic nitrogens is 1. The normalized spacial score (nSPS) is 9.87. The standard InChI is InChI=1S/C10H9N3OS/c11-8-1-2-9(12-5-8)13-10(14)7-3-4-15-6-7/h1-6H,11H2,(H,12,13,14). The minimum Gasteiger partial charge on any atom is -0.397 e. The number of hydrogen-bond acceptors (Lipinski definition) is 4. The number of nitrogen functional groups attached to an aromatic ring is 1. The molecule has 4 nitrogen and oxygen atoms in total. The van der Waals surface area contributed by atoms with Gasteiger partial charge in [-0.05, 0) is 23.6 Å². The van der Waals surface area contributed by atoms with Crippen LogP contribution < -0.4 is 11.1 Å². The van der Waals surface area contributed by atoms with Gasteiger partial charge in [-0.3, -0.25) is 4.79 Å². The van der Waals surface area contributed by atoms with Crippen molar-refractivity contribution in [3.8, 4) is 0 Å². The van der Waals surface area contributed by atoms with E-state index in [1.165, 1.54) is 17.5 Å². The number of hydrogen-bond donors (Lipinski definition) is 2. The summed E-state index contributed by atoms with van der Waals surface area (Å²) in [5.41, 5.74) is 6.69. The number of carbonyl (C=O) groups excluding carboxylic acids is 1. The van der Waals surface area contributed by atoms with Crippen LogP contribution >= 0.6 is 11.3 Å². The number of nitrogens with zero attached hydrogens (tertiary/aromatic N) is 1. The minimum absolute atomic E-state index is 0.159. The van der Waals surface area contributed by atoms with E-state index in [9.17, 15) is 4.79 Å². The van der Waals surface area contributed by atoms with E-state index in [0.717, 1.165) is 0 Å². The summed E-state index contributed by atoms with van der Waals surface area (Å²) in [7, 11) is 0. The van der Waals surface area contributed by atoms with E-state index in [1.807, 2.05) is 5.38 Å². The molecule has 0 aliphatic heterocycles. The average Bonchev–Trinajstić information content (AvgIpc) is 2.74. The van der Waals surface area contributed by atoms with Crippen LogP contribution in [0.1, 0.15) is 10.4 Å². The summed E-state index contributed by atoms with van der Waals surface area (Å²) in [4.78, 5) is 15.6. The second-order valence-corrected chi connectivity index (χ2v) is 3.72. The van der Waals surface area contributed by atoms with Gasteiger partial charge in [-0.2, -0.15) is 11.3 Å². The van der Waals surface area contributed by atoms with E-state index in [4.69, 9.17) is 5.73 Å². The first-order chi connectivity index (χ1) is 7.25. The number of pyridine rings is 1. The van der Waals surface area contributed by atoms with Crippen molar-refractivity contribution in [3.63, 3.8) is 0 Å². The van der Waals surface area contributed by atoms with Crippen LogP contribution in [0.5, 0.6) is 0 Å². The monoisotopic (exact) mass is 219 g/mol. The second kappa shape index (κ2) is 4.10. The fraction of sp³-hybridized carbons (Fsp3) is 0. The summed E-state index contributed by atoms with van der Waals surface area (Å²) in [6, 6.07) is 5.12. The van der Waals surface area contributed by atoms with Crippen LogP contribution in [0, 0.1) is 0 Å². The molecule has 1 amide bonds. The van der Waals surface area contributed by atoms with Crippen molar-refractivity contribution in [2.75, 3.05) is 11.1 Å². The number of carbonyl (C=O) groups is 1. The maximum absolute atomic E-state index is 11.6. The van der Waals surface area contributed by atoms with Crippen LogP contribution in [0.4, 0.5) is 11.5 Å². The van der Waals surface area contributed by atoms with E-state index in [-0.39, 0.29) is 5.91 Å². The first kappa shape index (κ1) is 9.67. The number of nitrogens with two attached hydrogens (primary N) is 1. The zero-order valence-corrected chi connectivity index (χ0v) is 8.62. The average molecular weight is 219 g/mol. The third-order valence-electron chi connectivity index (χ3n) is 1.81. The van der Waals surface area contributed by atoms with E-state index in [0.29, 0.717) is 17.1 Å². The van der Waals surface area contributed by atoms with Gasteiger partial charge in [0.25, 0.3) is 5.91 Å². The minimum atomic E-state index is -0.159. The number of amides is 1. The van der Waals surface area contributed by atoms with E-state index < -0.39 is 0 Å². The van der Waals surface area contributed by atoms with Crippen LogP contribution in [-0.4, -0.2) is 10.9 Å². The molecule has 0 aliphatic rings. The summed E-state index contributed by atoms with van der Waals surface area (Å²) in [5.74, 6) is 0.342. The highest BCUT2D eigenvalue weighted by Crippen LogP contribution is 2.10. The lowest BCUT2D eigenvalue weighted by molar-refractivity contribution is 0.102. The van der Waals surface area contributed by atoms with Crippen LogP contribution in [0.2, 0.25) is 0 Å². The molecule has 2 aromatic rings. The fourth-order valence-electron chi connectivity index (χ4n) is 1.06. The Kier molecular flexibility index (Phi) is 2.64. The first-order valence-electron chi connectivity index (χ1n) is 4.31. The van der Waals surface area contributed by atoms with Gasteiger partial charge in [-0.1, -0.05) is 0 Å². The van der Waals surface area contributed by atoms with Gasteiger partial charge in [0.2, 0.25) is 0 Å². The Morgan fingerprint density at radius 1 is 1.40 bits per heavy atom. The highest BCUT2D eigenvalue weighted by Gasteiger charge is 2.06. The highest BCUT2D eigenvalue weighted by molar-refractivity contribution is 7.08. The van der Waals surface area contributed by atoms with Crippen LogP contribution in [0.3, 0.4) is 0 Å². The zero-order valence-electron chi connectivity index (χ0n) is 7.81. The predicted octanol–water partition coefficient (Wildman–Crippen LogP) is 1.98. The van der Waals surface area contributed by atoms with Gasteiger partial charge in [0.05, 0.1) is 17.4 Å². The molecule has 2 aromatic heterocycles. The Morgan fingerprint density at radius 3 is 2.87 bits per heavy atom. The van der Waals surface area contributed by atoms with E-state index >= 15 is 0 Å². The summed E-state index contributed by atoms with van der Waals surface area (Å²) >= 11 is 1.48. The van der Waals surface area contributed by atoms with E-state index in [1.54, 1.807) is 23.6 Å². The molecule has 0 radical (unpaired) electrons. The van der Waals surface area contributed by atoms with Gasteiger partial charge < -0.3 is 11.1 Å². The maximum Gasteiger partial charge on any atom is 0.257 e. The van der Waals surface area contributed by atoms with Crippen molar-refractivity contribution < 1.29 is 4.79 Å². The zero-order chi connectivity index (χ0) is 10.7. The summed E-state index contributed by atoms with van der Waals surface area (Å²) < 4.78 is 0. The molecule has 2 heterocycles. The molecule has 15 heavy (non-hydrogen) atoms. The Balaban J connectivity index is 2.09. The third kappa shape index (κ3) is 2.32. The van der Waals surface area contributed by atoms with Crippen LogP contribution in [0.25, 0.3) is 0 Å². The first-order valence-corrected chi connectivity index (χ1v) is 5.25. The molecule has 3 N–H and O–H groups in total. The Labute approximate surface area is 90.8 Å². The smallest absolute Gasteiger partial charge is 0.257 e. The summed E-state index contributed by atoms with van der Waals surface area (Å²) in [6.45, 7) is 0. The molecule has 0 atom stereocenters. The predicted molar refractivity (Wildman–Crippen MR) is 60.9 cm³/mol. The quantitative estimate of drug-likeness (QED) is 0.811. The molecule has 0 unspecified atom stereocenters. The lowest BCUT2D eigenvalue weighted by Gasteiger charge is -2.02. The summed E-state index contributed by atoms with van der Waals surface area (Å²) in [5, 5.41) is 6.31. The molecule has 0 spiro atoms. The number of thiophene rings is 1. The Hall–Kier alpha value is -1.88. The van der Waals surface area contributed by atoms with E-state index in [2.05, 4.69) is 10.3 Å². The molecular weight excluding hydrogens is 210 g/mol. The van der Waals surface area contributed by atoms with Gasteiger partial charge in [-0.25, -0.2) is 4.98 Å². The van der Waals surface area contributed by atoms with Crippen LogP contribution in [-0.2, 0) is 0 Å². The molecule has 2 rings (SSSR count). The highest BCUT2D eigenvalue weighted by atomic mass is 32.1. The molecule has 0 aromatic carbocycles. The molecular formula is C10H9N3OS. The topological polar surface area (TPSA) is 68.0 Å². The second-order valence-electron chi connectivity index (χ2n) is 2.94.